The van der Waals surface area contributed by atoms with E-state index in [1.165, 1.54) is 50.7 Å². The Morgan fingerprint density at radius 2 is 1.83 bits per heavy atom. The largest absolute Gasteiger partial charge is 0.481 e. The van der Waals surface area contributed by atoms with Gasteiger partial charge in [0.1, 0.15) is 0 Å². The molecule has 3 nitrogen and oxygen atoms in total. The van der Waals surface area contributed by atoms with E-state index in [-0.39, 0.29) is 0 Å². The second kappa shape index (κ2) is 14.8. The van der Waals surface area contributed by atoms with Crippen LogP contribution >= 0.6 is 11.8 Å². The van der Waals surface area contributed by atoms with E-state index in [4.69, 9.17) is 9.84 Å². The van der Waals surface area contributed by atoms with E-state index >= 15 is 0 Å². The lowest BCUT2D eigenvalue weighted by Gasteiger charge is -2.16. The lowest BCUT2D eigenvalue weighted by molar-refractivity contribution is -0.137. The van der Waals surface area contributed by atoms with Crippen molar-refractivity contribution in [1.82, 2.24) is 0 Å². The molecule has 0 bridgehead atoms. The molecular formula is C20H36O3S. The molecule has 1 heterocycles. The first kappa shape index (κ1) is 21.6. The maximum atomic E-state index is 10.5. The molecule has 1 N–H and O–H groups in total. The van der Waals surface area contributed by atoms with Crippen molar-refractivity contribution in [2.24, 2.45) is 11.8 Å². The Balaban J connectivity index is 2.01. The van der Waals surface area contributed by atoms with Crippen LogP contribution in [0.5, 0.6) is 0 Å². The number of hydrogen-bond donors (Lipinski definition) is 1. The zero-order chi connectivity index (χ0) is 17.5. The summed E-state index contributed by atoms with van der Waals surface area (Å²) in [4.78, 5) is 10.5. The second-order valence-electron chi connectivity index (χ2n) is 6.93. The number of carboxylic acid groups (broad SMARTS) is 1. The average molecular weight is 357 g/mol. The van der Waals surface area contributed by atoms with Crippen LogP contribution in [-0.4, -0.2) is 30.0 Å². The fourth-order valence-electron chi connectivity index (χ4n) is 3.25. The molecule has 1 fully saturated rings. The molecule has 0 aromatic heterocycles. The first-order valence-corrected chi connectivity index (χ1v) is 10.8. The number of aliphatic carboxylic acids is 1. The molecule has 0 aromatic carbocycles. The third kappa shape index (κ3) is 11.1. The molecule has 1 rings (SSSR count). The molecule has 0 aliphatic carbocycles. The van der Waals surface area contributed by atoms with E-state index in [0.29, 0.717) is 6.42 Å². The van der Waals surface area contributed by atoms with Gasteiger partial charge >= 0.3 is 5.97 Å². The Hall–Kier alpha value is -0.480. The molecule has 0 saturated carbocycles. The van der Waals surface area contributed by atoms with Crippen LogP contribution in [0.3, 0.4) is 0 Å². The van der Waals surface area contributed by atoms with Crippen molar-refractivity contribution in [2.75, 3.05) is 19.0 Å². The van der Waals surface area contributed by atoms with E-state index in [1.54, 1.807) is 0 Å². The molecule has 1 aliphatic heterocycles. The summed E-state index contributed by atoms with van der Waals surface area (Å²) in [5.41, 5.74) is 0. The van der Waals surface area contributed by atoms with Crippen LogP contribution in [0, 0.1) is 11.8 Å². The summed E-state index contributed by atoms with van der Waals surface area (Å²) in [6, 6.07) is 0. The molecular weight excluding hydrogens is 320 g/mol. The predicted octanol–water partition coefficient (Wildman–Crippen LogP) is 5.89. The monoisotopic (exact) mass is 356 g/mol. The van der Waals surface area contributed by atoms with Gasteiger partial charge in [-0.15, -0.1) is 11.8 Å². The minimum absolute atomic E-state index is 0.318. The lowest BCUT2D eigenvalue weighted by Crippen LogP contribution is -2.13. The Morgan fingerprint density at radius 3 is 2.58 bits per heavy atom. The van der Waals surface area contributed by atoms with E-state index in [1.807, 2.05) is 11.8 Å². The SMILES string of the molecule is CCCCCC=CSCCC1COCC1CCCCCCC(=O)O. The number of unbranched alkanes of at least 4 members (excludes halogenated alkanes) is 6. The minimum atomic E-state index is -0.670. The number of ether oxygens (including phenoxy) is 1. The summed E-state index contributed by atoms with van der Waals surface area (Å²) in [5.74, 6) is 1.98. The zero-order valence-electron chi connectivity index (χ0n) is 15.4. The molecule has 2 atom stereocenters. The van der Waals surface area contributed by atoms with Gasteiger partial charge in [0, 0.05) is 19.6 Å². The van der Waals surface area contributed by atoms with Gasteiger partial charge in [0.2, 0.25) is 0 Å². The second-order valence-corrected chi connectivity index (χ2v) is 7.95. The van der Waals surface area contributed by atoms with Gasteiger partial charge in [0.25, 0.3) is 0 Å². The van der Waals surface area contributed by atoms with E-state index < -0.39 is 5.97 Å². The van der Waals surface area contributed by atoms with Crippen LogP contribution < -0.4 is 0 Å². The first-order valence-electron chi connectivity index (χ1n) is 9.80. The fourth-order valence-corrected chi connectivity index (χ4v) is 4.10. The van der Waals surface area contributed by atoms with Crippen molar-refractivity contribution in [1.29, 1.82) is 0 Å². The molecule has 0 spiro atoms. The van der Waals surface area contributed by atoms with Gasteiger partial charge in [-0.25, -0.2) is 0 Å². The van der Waals surface area contributed by atoms with Crippen LogP contribution in [0.2, 0.25) is 0 Å². The molecule has 140 valence electrons. The summed E-state index contributed by atoms with van der Waals surface area (Å²) in [6.07, 6.45) is 14.6. The highest BCUT2D eigenvalue weighted by Gasteiger charge is 2.26. The van der Waals surface area contributed by atoms with Crippen molar-refractivity contribution in [3.63, 3.8) is 0 Å². The highest BCUT2D eigenvalue weighted by Crippen LogP contribution is 2.30. The summed E-state index contributed by atoms with van der Waals surface area (Å²) >= 11 is 1.95. The molecule has 1 saturated heterocycles. The number of hydrogen-bond acceptors (Lipinski definition) is 3. The van der Waals surface area contributed by atoms with Gasteiger partial charge in [0.15, 0.2) is 0 Å². The fraction of sp³-hybridized carbons (Fsp3) is 0.850. The maximum absolute atomic E-state index is 10.5. The predicted molar refractivity (Wildman–Crippen MR) is 103 cm³/mol. The summed E-state index contributed by atoms with van der Waals surface area (Å²) < 4.78 is 5.70. The molecule has 4 heteroatoms. The topological polar surface area (TPSA) is 46.5 Å². The van der Waals surface area contributed by atoms with Crippen LogP contribution in [0.25, 0.3) is 0 Å². The van der Waals surface area contributed by atoms with Gasteiger partial charge < -0.3 is 9.84 Å². The zero-order valence-corrected chi connectivity index (χ0v) is 16.2. The highest BCUT2D eigenvalue weighted by molar-refractivity contribution is 8.02. The third-order valence-electron chi connectivity index (χ3n) is 4.82. The van der Waals surface area contributed by atoms with Crippen molar-refractivity contribution >= 4 is 17.7 Å². The Morgan fingerprint density at radius 1 is 1.08 bits per heavy atom. The molecule has 24 heavy (non-hydrogen) atoms. The number of rotatable bonds is 15. The Labute approximate surface area is 152 Å². The Kier molecular flexibility index (Phi) is 13.3. The average Bonchev–Trinajstić information content (AvgIpc) is 3.00. The third-order valence-corrected chi connectivity index (χ3v) is 5.68. The highest BCUT2D eigenvalue weighted by atomic mass is 32.2. The van der Waals surface area contributed by atoms with E-state index in [9.17, 15) is 4.79 Å². The van der Waals surface area contributed by atoms with Crippen LogP contribution in [0.15, 0.2) is 11.5 Å². The summed E-state index contributed by atoms with van der Waals surface area (Å²) in [7, 11) is 0. The smallest absolute Gasteiger partial charge is 0.303 e. The first-order chi connectivity index (χ1) is 11.7. The molecule has 0 aromatic rings. The molecule has 0 radical (unpaired) electrons. The number of carboxylic acids is 1. The van der Waals surface area contributed by atoms with Gasteiger partial charge in [-0.2, -0.15) is 0 Å². The van der Waals surface area contributed by atoms with Gasteiger partial charge in [-0.3, -0.25) is 4.79 Å². The van der Waals surface area contributed by atoms with E-state index in [2.05, 4.69) is 18.4 Å². The van der Waals surface area contributed by atoms with Crippen LogP contribution in [-0.2, 0) is 9.53 Å². The minimum Gasteiger partial charge on any atom is -0.481 e. The summed E-state index contributed by atoms with van der Waals surface area (Å²) in [5, 5.41) is 10.9. The quantitative estimate of drug-likeness (QED) is 0.372. The molecule has 2 unspecified atom stereocenters. The van der Waals surface area contributed by atoms with E-state index in [0.717, 1.165) is 44.3 Å². The Bertz CT molecular complexity index is 344. The van der Waals surface area contributed by atoms with Gasteiger partial charge in [-0.1, -0.05) is 45.1 Å². The van der Waals surface area contributed by atoms with Crippen molar-refractivity contribution < 1.29 is 14.6 Å². The maximum Gasteiger partial charge on any atom is 0.303 e. The lowest BCUT2D eigenvalue weighted by atomic mass is 9.89. The number of allylic oxidation sites excluding steroid dienone is 1. The molecule has 0 amide bonds. The molecule has 1 aliphatic rings. The number of carbonyl (C=O) groups is 1. The number of thioether (sulfide) groups is 1. The van der Waals surface area contributed by atoms with Crippen LogP contribution in [0.4, 0.5) is 0 Å². The van der Waals surface area contributed by atoms with Gasteiger partial charge in [-0.05, 0) is 55.1 Å². The van der Waals surface area contributed by atoms with Crippen molar-refractivity contribution in [2.45, 2.75) is 77.6 Å². The van der Waals surface area contributed by atoms with Crippen molar-refractivity contribution in [3.8, 4) is 0 Å². The summed E-state index contributed by atoms with van der Waals surface area (Å²) in [6.45, 7) is 4.11. The van der Waals surface area contributed by atoms with Gasteiger partial charge in [0.05, 0.1) is 0 Å². The normalized spacial score (nSPS) is 20.9. The van der Waals surface area contributed by atoms with Crippen molar-refractivity contribution in [3.05, 3.63) is 11.5 Å². The standard InChI is InChI=1S/C20H36O3S/c1-2-3-4-7-10-14-24-15-13-19-17-23-16-18(19)11-8-5-6-9-12-20(21)22/h10,14,18-19H,2-9,11-13,15-17H2,1H3,(H,21,22). The van der Waals surface area contributed by atoms with Crippen LogP contribution in [0.1, 0.15) is 77.6 Å².